The standard InChI is InChI=1S/C21H28O4/c1-12-10-11-21(23)18(22)14-9-7-6-8-13(14)16-17(15(12)19(21,2)3)25-20(4,5)24-16/h6-9,16-18,22-23H,10-11H2,1-5H3/t16-,17-,18+,21-/m1/s1. The average Bonchev–Trinajstić information content (AvgIpc) is 2.85. The molecular weight excluding hydrogens is 316 g/mol. The zero-order chi connectivity index (χ0) is 18.2. The van der Waals surface area contributed by atoms with Crippen molar-refractivity contribution in [2.75, 3.05) is 0 Å². The third kappa shape index (κ3) is 2.21. The van der Waals surface area contributed by atoms with Crippen LogP contribution < -0.4 is 0 Å². The van der Waals surface area contributed by atoms with E-state index in [9.17, 15) is 10.2 Å². The molecule has 4 nitrogen and oxygen atoms in total. The van der Waals surface area contributed by atoms with Crippen LogP contribution in [0.2, 0.25) is 0 Å². The number of aliphatic hydroxyl groups excluding tert-OH is 1. The second kappa shape index (κ2) is 5.17. The smallest absolute Gasteiger partial charge is 0.164 e. The van der Waals surface area contributed by atoms with Crippen LogP contribution in [0.5, 0.6) is 0 Å². The van der Waals surface area contributed by atoms with Crippen LogP contribution in [-0.4, -0.2) is 27.7 Å². The third-order valence-corrected chi connectivity index (χ3v) is 6.53. The van der Waals surface area contributed by atoms with Crippen molar-refractivity contribution >= 4 is 0 Å². The molecule has 0 saturated carbocycles. The Morgan fingerprint density at radius 1 is 1.00 bits per heavy atom. The van der Waals surface area contributed by atoms with E-state index in [1.807, 2.05) is 52.0 Å². The van der Waals surface area contributed by atoms with E-state index < -0.39 is 22.9 Å². The summed E-state index contributed by atoms with van der Waals surface area (Å²) in [4.78, 5) is 0. The van der Waals surface area contributed by atoms with Crippen molar-refractivity contribution in [1.82, 2.24) is 0 Å². The number of hydrogen-bond donors (Lipinski definition) is 2. The number of ether oxygens (including phenoxy) is 2. The highest BCUT2D eigenvalue weighted by Gasteiger charge is 2.60. The van der Waals surface area contributed by atoms with Gasteiger partial charge >= 0.3 is 0 Å². The molecule has 0 amide bonds. The molecule has 4 atom stereocenters. The predicted octanol–water partition coefficient (Wildman–Crippen LogP) is 3.79. The van der Waals surface area contributed by atoms with Gasteiger partial charge in [0.15, 0.2) is 5.79 Å². The van der Waals surface area contributed by atoms with E-state index in [2.05, 4.69) is 6.92 Å². The van der Waals surface area contributed by atoms with Gasteiger partial charge in [0, 0.05) is 5.41 Å². The molecule has 0 spiro atoms. The van der Waals surface area contributed by atoms with Crippen molar-refractivity contribution in [1.29, 1.82) is 0 Å². The first kappa shape index (κ1) is 17.2. The first-order valence-electron chi connectivity index (χ1n) is 9.13. The number of benzene rings is 1. The Bertz CT molecular complexity index is 748. The summed E-state index contributed by atoms with van der Waals surface area (Å²) in [5.41, 5.74) is 2.11. The second-order valence-corrected chi connectivity index (χ2v) is 8.75. The molecule has 0 radical (unpaired) electrons. The van der Waals surface area contributed by atoms with Gasteiger partial charge in [0.25, 0.3) is 0 Å². The number of aliphatic hydroxyl groups is 2. The molecule has 2 aliphatic carbocycles. The lowest BCUT2D eigenvalue weighted by atomic mass is 9.56. The van der Waals surface area contributed by atoms with Crippen LogP contribution in [-0.2, 0) is 9.47 Å². The minimum absolute atomic E-state index is 0.259. The number of fused-ring (bicyclic) bond motifs is 6. The molecular formula is C21H28O4. The molecule has 0 aromatic heterocycles. The second-order valence-electron chi connectivity index (χ2n) is 8.75. The van der Waals surface area contributed by atoms with Gasteiger partial charge in [0.2, 0.25) is 0 Å². The molecule has 4 heteroatoms. The van der Waals surface area contributed by atoms with Crippen LogP contribution in [0.25, 0.3) is 0 Å². The fraction of sp³-hybridized carbons (Fsp3) is 0.619. The van der Waals surface area contributed by atoms with E-state index >= 15 is 0 Å². The molecule has 1 aromatic carbocycles. The van der Waals surface area contributed by atoms with Crippen molar-refractivity contribution in [2.24, 2.45) is 5.41 Å². The van der Waals surface area contributed by atoms with Crippen molar-refractivity contribution < 1.29 is 19.7 Å². The lowest BCUT2D eigenvalue weighted by Gasteiger charge is -2.54. The Morgan fingerprint density at radius 3 is 2.28 bits per heavy atom. The Labute approximate surface area is 149 Å². The van der Waals surface area contributed by atoms with E-state index in [-0.39, 0.29) is 12.2 Å². The molecule has 3 aliphatic rings. The van der Waals surface area contributed by atoms with Gasteiger partial charge in [-0.2, -0.15) is 0 Å². The quantitative estimate of drug-likeness (QED) is 0.703. The molecule has 4 rings (SSSR count). The summed E-state index contributed by atoms with van der Waals surface area (Å²) < 4.78 is 12.6. The molecule has 1 aromatic rings. The Hall–Kier alpha value is -1.20. The Kier molecular flexibility index (Phi) is 3.56. The van der Waals surface area contributed by atoms with Crippen molar-refractivity contribution in [3.05, 3.63) is 46.5 Å². The number of rotatable bonds is 0. The van der Waals surface area contributed by atoms with E-state index in [0.29, 0.717) is 6.42 Å². The molecule has 136 valence electrons. The lowest BCUT2D eigenvalue weighted by molar-refractivity contribution is -0.160. The van der Waals surface area contributed by atoms with Gasteiger partial charge in [0.05, 0.1) is 0 Å². The monoisotopic (exact) mass is 344 g/mol. The molecule has 1 fully saturated rings. The largest absolute Gasteiger partial charge is 0.386 e. The van der Waals surface area contributed by atoms with Crippen LogP contribution in [0.1, 0.15) is 70.8 Å². The van der Waals surface area contributed by atoms with E-state index in [0.717, 1.165) is 23.1 Å². The Morgan fingerprint density at radius 2 is 1.60 bits per heavy atom. The summed E-state index contributed by atoms with van der Waals surface area (Å²) in [6.45, 7) is 10.0. The lowest BCUT2D eigenvalue weighted by Crippen LogP contribution is -2.56. The van der Waals surface area contributed by atoms with Crippen LogP contribution in [0.4, 0.5) is 0 Å². The van der Waals surface area contributed by atoms with Gasteiger partial charge in [-0.05, 0) is 50.3 Å². The third-order valence-electron chi connectivity index (χ3n) is 6.53. The van der Waals surface area contributed by atoms with Crippen LogP contribution in [0.15, 0.2) is 35.4 Å². The molecule has 2 bridgehead atoms. The summed E-state index contributed by atoms with van der Waals surface area (Å²) in [5, 5.41) is 22.9. The van der Waals surface area contributed by atoms with Crippen molar-refractivity contribution in [2.45, 2.75) is 77.2 Å². The first-order chi connectivity index (χ1) is 11.6. The molecule has 2 N–H and O–H groups in total. The zero-order valence-electron chi connectivity index (χ0n) is 15.7. The van der Waals surface area contributed by atoms with Crippen LogP contribution >= 0.6 is 0 Å². The SMILES string of the molecule is CC1=C2[C@H]3OC(C)(C)O[C@@H]3c3ccccc3[C@H](O)[C@](O)(CC1)C2(C)C. The van der Waals surface area contributed by atoms with Gasteiger partial charge in [-0.25, -0.2) is 0 Å². The van der Waals surface area contributed by atoms with Crippen molar-refractivity contribution in [3.8, 4) is 0 Å². The zero-order valence-corrected chi connectivity index (χ0v) is 15.7. The highest BCUT2D eigenvalue weighted by atomic mass is 16.8. The molecule has 1 aliphatic heterocycles. The predicted molar refractivity (Wildman–Crippen MR) is 94.8 cm³/mol. The Balaban J connectivity index is 2.03. The number of hydrogen-bond acceptors (Lipinski definition) is 4. The summed E-state index contributed by atoms with van der Waals surface area (Å²) in [6, 6.07) is 7.73. The summed E-state index contributed by atoms with van der Waals surface area (Å²) >= 11 is 0. The fourth-order valence-corrected chi connectivity index (χ4v) is 5.14. The summed E-state index contributed by atoms with van der Waals surface area (Å²) in [7, 11) is 0. The molecule has 25 heavy (non-hydrogen) atoms. The minimum Gasteiger partial charge on any atom is -0.386 e. The molecule has 1 heterocycles. The first-order valence-corrected chi connectivity index (χ1v) is 9.13. The van der Waals surface area contributed by atoms with Gasteiger partial charge in [-0.1, -0.05) is 43.7 Å². The molecule has 1 saturated heterocycles. The highest BCUT2D eigenvalue weighted by Crippen LogP contribution is 2.60. The van der Waals surface area contributed by atoms with E-state index in [1.165, 1.54) is 5.57 Å². The normalized spacial score (nSPS) is 38.6. The van der Waals surface area contributed by atoms with Gasteiger partial charge in [-0.15, -0.1) is 0 Å². The maximum Gasteiger partial charge on any atom is 0.164 e. The number of allylic oxidation sites excluding steroid dienone is 1. The van der Waals surface area contributed by atoms with Crippen molar-refractivity contribution in [3.63, 3.8) is 0 Å². The van der Waals surface area contributed by atoms with Gasteiger partial charge in [-0.3, -0.25) is 0 Å². The highest BCUT2D eigenvalue weighted by molar-refractivity contribution is 5.44. The van der Waals surface area contributed by atoms with Gasteiger partial charge in [0.1, 0.15) is 23.9 Å². The maximum atomic E-state index is 11.6. The topological polar surface area (TPSA) is 58.9 Å². The average molecular weight is 344 g/mol. The maximum absolute atomic E-state index is 11.6. The van der Waals surface area contributed by atoms with E-state index in [1.54, 1.807) is 0 Å². The van der Waals surface area contributed by atoms with Gasteiger partial charge < -0.3 is 19.7 Å². The minimum atomic E-state index is -1.24. The van der Waals surface area contributed by atoms with Crippen LogP contribution in [0, 0.1) is 5.41 Å². The fourth-order valence-electron chi connectivity index (χ4n) is 5.14. The summed E-state index contributed by atoms with van der Waals surface area (Å²) in [5.74, 6) is -0.712. The molecule has 0 unspecified atom stereocenters. The summed E-state index contributed by atoms with van der Waals surface area (Å²) in [6.07, 6.45) is -0.221. The van der Waals surface area contributed by atoms with Crippen LogP contribution in [0.3, 0.4) is 0 Å². The van der Waals surface area contributed by atoms with E-state index in [4.69, 9.17) is 9.47 Å².